The highest BCUT2D eigenvalue weighted by atomic mass is 13.3. The van der Waals surface area contributed by atoms with Gasteiger partial charge < -0.3 is 0 Å². The molecule has 0 aromatic carbocycles. The Hall–Kier alpha value is 2.01. The van der Waals surface area contributed by atoms with Crippen molar-refractivity contribution in [2.45, 2.75) is 0 Å². The third kappa shape index (κ3) is 9.88. The minimum absolute atomic E-state index is 0.759. The first-order valence-electron chi connectivity index (χ1n) is 10.0. The SMILES string of the molecule is [B]B([B])B(B([B])[B])B([B]B(B(B([B])[B])B([B])[B])B(B([B])[B])B([B])[B])B(B([B])[B])B([B])[B]. The maximum atomic E-state index is 5.98. The van der Waals surface area contributed by atoms with Crippen molar-refractivity contribution < 1.29 is 0 Å². The Morgan fingerprint density at radius 3 is 0.484 bits per heavy atom. The normalized spacial score (nSPS) is 9.42. The molecule has 0 aliphatic heterocycles. The smallest absolute Gasteiger partial charge is 0 e. The highest BCUT2D eigenvalue weighted by Crippen LogP contribution is 2.09. The van der Waals surface area contributed by atoms with Gasteiger partial charge in [0.2, 0.25) is 0 Å². The van der Waals surface area contributed by atoms with Gasteiger partial charge in [-0.25, -0.2) is 0 Å². The minimum atomic E-state index is -1.00. The molecule has 0 spiro atoms. The fraction of sp³-hybridized carbons (Fsp3) is 0. The second-order valence-electron chi connectivity index (χ2n) is 8.28. The Balaban J connectivity index is 6.71. The molecule has 0 saturated heterocycles. The molecule has 93 valence electrons. The summed E-state index contributed by atoms with van der Waals surface area (Å²) in [5.41, 5.74) is 0. The summed E-state index contributed by atoms with van der Waals surface area (Å²) in [7, 11) is 97.4. The Kier molecular flexibility index (Phi) is 16.2. The second kappa shape index (κ2) is 15.2. The summed E-state index contributed by atoms with van der Waals surface area (Å²) in [6.07, 6.45) is -12.7. The Morgan fingerprint density at radius 1 is 0.258 bits per heavy atom. The molecule has 0 aliphatic rings. The van der Waals surface area contributed by atoms with Gasteiger partial charge in [-0.05, 0) is 0 Å². The molecule has 0 amide bonds. The lowest BCUT2D eigenvalue weighted by Gasteiger charge is -2.45. The highest BCUT2D eigenvalue weighted by Gasteiger charge is 2.47. The fourth-order valence-electron chi connectivity index (χ4n) is 4.36. The summed E-state index contributed by atoms with van der Waals surface area (Å²) in [6.45, 7) is 0. The molecule has 0 fully saturated rings. The average Bonchev–Trinajstić information content (AvgIpc) is 2.51. The van der Waals surface area contributed by atoms with Crippen LogP contribution in [0.1, 0.15) is 0 Å². The van der Waals surface area contributed by atoms with Crippen molar-refractivity contribution in [3.05, 3.63) is 0 Å². The van der Waals surface area contributed by atoms with Crippen LogP contribution in [0.2, 0.25) is 0 Å². The van der Waals surface area contributed by atoms with E-state index in [-0.39, 0.29) is 0 Å². The molecule has 0 heterocycles. The van der Waals surface area contributed by atoms with Crippen molar-refractivity contribution in [3.63, 3.8) is 0 Å². The van der Waals surface area contributed by atoms with Crippen LogP contribution in [0.5, 0.6) is 0 Å². The van der Waals surface area contributed by atoms with E-state index in [0.29, 0.717) is 0 Å². The molecule has 33 radical (unpaired) electrons. The maximum Gasteiger partial charge on any atom is 0 e. The molecule has 31 heavy (non-hydrogen) atoms. The van der Waals surface area contributed by atoms with Crippen LogP contribution >= 0.6 is 0 Å². The first-order chi connectivity index (χ1) is 14.1. The van der Waals surface area contributed by atoms with Gasteiger partial charge in [0, 0.05) is 220 Å². The lowest BCUT2D eigenvalue weighted by molar-refractivity contribution is 3.31. The van der Waals surface area contributed by atoms with E-state index in [9.17, 15) is 0 Å². The highest BCUT2D eigenvalue weighted by molar-refractivity contribution is 8.22. The number of hydrogen-bond acceptors (Lipinski definition) is 0. The Bertz CT molecular complexity index is 337. The van der Waals surface area contributed by atoms with Crippen LogP contribution in [0.4, 0.5) is 0 Å². The third-order valence-electron chi connectivity index (χ3n) is 5.78. The minimum Gasteiger partial charge on any atom is 0 e. The molecular weight excluding hydrogens is 335 g/mol. The molecule has 0 aromatic heterocycles. The van der Waals surface area contributed by atoms with Crippen molar-refractivity contribution in [1.82, 2.24) is 0 Å². The third-order valence-corrected chi connectivity index (χ3v) is 5.78. The van der Waals surface area contributed by atoms with E-state index in [1.165, 1.54) is 0 Å². The van der Waals surface area contributed by atoms with Gasteiger partial charge in [0.25, 0.3) is 0 Å². The van der Waals surface area contributed by atoms with E-state index in [0.717, 1.165) is 0 Å². The molecule has 0 nitrogen and oxygen atoms in total. The van der Waals surface area contributed by atoms with Crippen molar-refractivity contribution >= 4 is 220 Å². The predicted molar refractivity (Wildman–Crippen MR) is 178 cm³/mol. The van der Waals surface area contributed by atoms with Gasteiger partial charge in [0.05, 0.1) is 0 Å². The summed E-state index contributed by atoms with van der Waals surface area (Å²) in [5, 5.41) is 0. The van der Waals surface area contributed by atoms with Crippen LogP contribution in [0.25, 0.3) is 0 Å². The predicted octanol–water partition coefficient (Wildman–Crippen LogP) is -11.8. The summed E-state index contributed by atoms with van der Waals surface area (Å²) in [5.74, 6) is 0. The quantitative estimate of drug-likeness (QED) is 0.277. The van der Waals surface area contributed by atoms with Gasteiger partial charge in [-0.2, -0.15) is 0 Å². The molecule has 0 atom stereocenters. The van der Waals surface area contributed by atoms with Gasteiger partial charge >= 0.3 is 0 Å². The van der Waals surface area contributed by atoms with Crippen LogP contribution < -0.4 is 0 Å². The Morgan fingerprint density at radius 2 is 0.387 bits per heavy atom. The zero-order valence-electron chi connectivity index (χ0n) is 17.9. The van der Waals surface area contributed by atoms with Gasteiger partial charge in [0.1, 0.15) is 0 Å². The van der Waals surface area contributed by atoms with Crippen molar-refractivity contribution in [3.8, 4) is 0 Å². The zero-order chi connectivity index (χ0) is 24.8. The van der Waals surface area contributed by atoms with E-state index in [1.807, 2.05) is 0 Å². The van der Waals surface area contributed by atoms with E-state index in [1.54, 1.807) is 7.06 Å². The number of rotatable bonds is 14. The lowest BCUT2D eigenvalue weighted by Crippen LogP contribution is -2.83. The molecular formula is B31. The van der Waals surface area contributed by atoms with Crippen LogP contribution in [-0.2, 0) is 0 Å². The summed E-state index contributed by atoms with van der Waals surface area (Å²) in [4.78, 5) is 0. The molecule has 31 heteroatoms. The van der Waals surface area contributed by atoms with Crippen molar-refractivity contribution in [1.29, 1.82) is 0 Å². The lowest BCUT2D eigenvalue weighted by atomic mass is 8.36. The molecule has 0 unspecified atom stereocenters. The number of hydrogen-bond donors (Lipinski definition) is 0. The first kappa shape index (κ1) is 33.0. The van der Waals surface area contributed by atoms with Crippen molar-refractivity contribution in [2.24, 2.45) is 0 Å². The van der Waals surface area contributed by atoms with Gasteiger partial charge in [-0.15, -0.1) is 0 Å². The van der Waals surface area contributed by atoms with Gasteiger partial charge in [0.15, 0.2) is 0 Å². The van der Waals surface area contributed by atoms with E-state index < -0.39 is 89.4 Å². The monoisotopic (exact) mass is 341 g/mol. The van der Waals surface area contributed by atoms with Crippen molar-refractivity contribution in [2.75, 3.05) is 0 Å². The maximum absolute atomic E-state index is 5.98. The first-order valence-corrected chi connectivity index (χ1v) is 10.0. The standard InChI is InChI=1S/B31/c1-18(2)28(19(3)4)26(29(20(5)6)21(7)8)17-27(30(22(9)10)23(11)12)31(24(13)14)25(15)16. The van der Waals surface area contributed by atoms with Crippen LogP contribution in [0.15, 0.2) is 0 Å². The van der Waals surface area contributed by atoms with Crippen LogP contribution in [0.3, 0.4) is 0 Å². The van der Waals surface area contributed by atoms with E-state index in [2.05, 4.69) is 0 Å². The second-order valence-corrected chi connectivity index (χ2v) is 8.28. The zero-order valence-corrected chi connectivity index (χ0v) is 17.9. The Labute approximate surface area is 219 Å². The van der Waals surface area contributed by atoms with E-state index in [4.69, 9.17) is 124 Å². The fourth-order valence-corrected chi connectivity index (χ4v) is 4.36. The van der Waals surface area contributed by atoms with Crippen LogP contribution in [-0.4, -0.2) is 220 Å². The topological polar surface area (TPSA) is 0 Å². The molecule has 0 aromatic rings. The van der Waals surface area contributed by atoms with E-state index >= 15 is 0 Å². The molecule has 0 N–H and O–H groups in total. The average molecular weight is 335 g/mol. The van der Waals surface area contributed by atoms with Crippen LogP contribution in [0, 0.1) is 0 Å². The summed E-state index contributed by atoms with van der Waals surface area (Å²) in [6, 6.07) is 0. The van der Waals surface area contributed by atoms with Gasteiger partial charge in [-0.3, -0.25) is 0 Å². The molecule has 0 bridgehead atoms. The van der Waals surface area contributed by atoms with Gasteiger partial charge in [-0.1, -0.05) is 0 Å². The molecule has 0 saturated carbocycles. The largest absolute Gasteiger partial charge is 0 e. The summed E-state index contributed by atoms with van der Waals surface area (Å²) >= 11 is 0. The molecule has 0 aliphatic carbocycles. The summed E-state index contributed by atoms with van der Waals surface area (Å²) < 4.78 is 0. The molecule has 0 rings (SSSR count).